The quantitative estimate of drug-likeness (QED) is 0.838. The molecule has 0 unspecified atom stereocenters. The lowest BCUT2D eigenvalue weighted by Crippen LogP contribution is -2.35. The third kappa shape index (κ3) is 4.18. The van der Waals surface area contributed by atoms with Gasteiger partial charge in [-0.15, -0.1) is 12.4 Å². The predicted octanol–water partition coefficient (Wildman–Crippen LogP) is 2.57. The van der Waals surface area contributed by atoms with Crippen molar-refractivity contribution in [1.82, 2.24) is 20.0 Å². The van der Waals surface area contributed by atoms with Gasteiger partial charge in [-0.05, 0) is 23.3 Å². The zero-order valence-electron chi connectivity index (χ0n) is 13.8. The topological polar surface area (TPSA) is 50.2 Å². The minimum Gasteiger partial charge on any atom is -0.341 e. The summed E-state index contributed by atoms with van der Waals surface area (Å²) < 4.78 is 2.83. The first kappa shape index (κ1) is 19.0. The lowest BCUT2D eigenvalue weighted by Gasteiger charge is -2.24. The number of carbonyl (C=O) groups excluding carboxylic acids is 1. The third-order valence-electron chi connectivity index (χ3n) is 4.37. The van der Waals surface area contributed by atoms with E-state index in [4.69, 9.17) is 0 Å². The standard InChI is InChI=1S/C17H21BrN4O.ClH/c1-21(10-12-4-3-5-14(18)6-12)17(23)16-9-19-8-15(16)13-7-20-22(2)11-13;/h3-7,11,15-16,19H,8-10H2,1-2H3;1H/t15-,16+;/m1./s1. The Morgan fingerprint density at radius 1 is 1.46 bits per heavy atom. The Morgan fingerprint density at radius 2 is 2.25 bits per heavy atom. The normalized spacial score (nSPS) is 19.8. The van der Waals surface area contributed by atoms with E-state index in [-0.39, 0.29) is 30.2 Å². The van der Waals surface area contributed by atoms with Crippen LogP contribution in [0.25, 0.3) is 0 Å². The highest BCUT2D eigenvalue weighted by molar-refractivity contribution is 9.10. The van der Waals surface area contributed by atoms with Crippen molar-refractivity contribution in [3.05, 3.63) is 52.3 Å². The molecule has 1 aliphatic heterocycles. The predicted molar refractivity (Wildman–Crippen MR) is 100 cm³/mol. The van der Waals surface area contributed by atoms with E-state index < -0.39 is 0 Å². The molecule has 1 saturated heterocycles. The molecule has 0 bridgehead atoms. The first-order valence-electron chi connectivity index (χ1n) is 7.73. The Morgan fingerprint density at radius 3 is 2.92 bits per heavy atom. The first-order chi connectivity index (χ1) is 11.0. The molecule has 7 heteroatoms. The number of halogens is 2. The van der Waals surface area contributed by atoms with Gasteiger partial charge in [0.1, 0.15) is 0 Å². The Kier molecular flexibility index (Phi) is 6.43. The second-order valence-corrected chi connectivity index (χ2v) is 7.06. The third-order valence-corrected chi connectivity index (χ3v) is 4.86. The van der Waals surface area contributed by atoms with E-state index in [0.29, 0.717) is 6.54 Å². The minimum atomic E-state index is -0.0312. The first-order valence-corrected chi connectivity index (χ1v) is 8.52. The van der Waals surface area contributed by atoms with Crippen LogP contribution >= 0.6 is 28.3 Å². The van der Waals surface area contributed by atoms with E-state index >= 15 is 0 Å². The molecule has 0 aliphatic carbocycles. The highest BCUT2D eigenvalue weighted by Gasteiger charge is 2.36. The monoisotopic (exact) mass is 412 g/mol. The van der Waals surface area contributed by atoms with Crippen LogP contribution in [-0.4, -0.2) is 40.7 Å². The number of benzene rings is 1. The van der Waals surface area contributed by atoms with Crippen molar-refractivity contribution >= 4 is 34.2 Å². The molecule has 1 aliphatic rings. The molecule has 0 radical (unpaired) electrons. The number of aromatic nitrogens is 2. The summed E-state index contributed by atoms with van der Waals surface area (Å²) >= 11 is 3.48. The molecule has 130 valence electrons. The molecule has 1 N–H and O–H groups in total. The van der Waals surface area contributed by atoms with Gasteiger partial charge in [-0.1, -0.05) is 28.1 Å². The summed E-state index contributed by atoms with van der Waals surface area (Å²) in [6.07, 6.45) is 3.87. The highest BCUT2D eigenvalue weighted by atomic mass is 79.9. The summed E-state index contributed by atoms with van der Waals surface area (Å²) in [5.74, 6) is 0.348. The summed E-state index contributed by atoms with van der Waals surface area (Å²) in [4.78, 5) is 14.7. The van der Waals surface area contributed by atoms with Crippen LogP contribution in [0.3, 0.4) is 0 Å². The number of hydrogen-bond donors (Lipinski definition) is 1. The fourth-order valence-corrected chi connectivity index (χ4v) is 3.64. The van der Waals surface area contributed by atoms with Crippen molar-refractivity contribution in [3.63, 3.8) is 0 Å². The van der Waals surface area contributed by atoms with Crippen LogP contribution in [0.5, 0.6) is 0 Å². The lowest BCUT2D eigenvalue weighted by atomic mass is 9.90. The molecule has 3 rings (SSSR count). The van der Waals surface area contributed by atoms with Crippen molar-refractivity contribution < 1.29 is 4.79 Å². The fraction of sp³-hybridized carbons (Fsp3) is 0.412. The summed E-state index contributed by atoms with van der Waals surface area (Å²) in [6.45, 7) is 2.17. The van der Waals surface area contributed by atoms with Crippen LogP contribution < -0.4 is 5.32 Å². The van der Waals surface area contributed by atoms with Gasteiger partial charge in [0.2, 0.25) is 5.91 Å². The number of carbonyl (C=O) groups is 1. The number of nitrogens with zero attached hydrogens (tertiary/aromatic N) is 3. The van der Waals surface area contributed by atoms with E-state index in [2.05, 4.69) is 32.4 Å². The van der Waals surface area contributed by atoms with E-state index in [0.717, 1.165) is 28.7 Å². The summed E-state index contributed by atoms with van der Waals surface area (Å²) in [5.41, 5.74) is 2.26. The Balaban J connectivity index is 0.00000208. The van der Waals surface area contributed by atoms with Gasteiger partial charge in [-0.25, -0.2) is 0 Å². The Bertz CT molecular complexity index is 705. The van der Waals surface area contributed by atoms with Crippen LogP contribution in [0.1, 0.15) is 17.0 Å². The molecule has 0 spiro atoms. The van der Waals surface area contributed by atoms with E-state index in [1.54, 1.807) is 4.68 Å². The summed E-state index contributed by atoms with van der Waals surface area (Å²) in [7, 11) is 3.78. The van der Waals surface area contributed by atoms with Crippen LogP contribution in [0, 0.1) is 5.92 Å². The van der Waals surface area contributed by atoms with Crippen LogP contribution in [0.2, 0.25) is 0 Å². The average Bonchev–Trinajstić information content (AvgIpc) is 3.14. The molecular weight excluding hydrogens is 392 g/mol. The summed E-state index contributed by atoms with van der Waals surface area (Å²) in [6, 6.07) is 8.08. The molecule has 1 aromatic heterocycles. The molecule has 24 heavy (non-hydrogen) atoms. The zero-order valence-corrected chi connectivity index (χ0v) is 16.2. The van der Waals surface area contributed by atoms with Crippen LogP contribution in [-0.2, 0) is 18.4 Å². The molecule has 2 atom stereocenters. The van der Waals surface area contributed by atoms with E-state index in [1.165, 1.54) is 0 Å². The Labute approximate surface area is 157 Å². The molecule has 1 amide bonds. The molecule has 5 nitrogen and oxygen atoms in total. The van der Waals surface area contributed by atoms with E-state index in [9.17, 15) is 4.79 Å². The van der Waals surface area contributed by atoms with Crippen LogP contribution in [0.15, 0.2) is 41.1 Å². The maximum absolute atomic E-state index is 12.9. The van der Waals surface area contributed by atoms with Gasteiger partial charge in [-0.2, -0.15) is 5.10 Å². The number of aryl methyl sites for hydroxylation is 1. The van der Waals surface area contributed by atoms with Gasteiger partial charge in [-0.3, -0.25) is 9.48 Å². The molecule has 0 saturated carbocycles. The molecular formula is C17H22BrClN4O. The molecule has 1 fully saturated rings. The molecule has 2 aromatic rings. The van der Waals surface area contributed by atoms with Crippen molar-refractivity contribution in [1.29, 1.82) is 0 Å². The maximum Gasteiger partial charge on any atom is 0.227 e. The SMILES string of the molecule is CN(Cc1cccc(Br)c1)C(=O)[C@H]1CNC[C@@H]1c1cnn(C)c1.Cl. The van der Waals surface area contributed by atoms with Gasteiger partial charge < -0.3 is 10.2 Å². The van der Waals surface area contributed by atoms with Crippen molar-refractivity contribution in [2.24, 2.45) is 13.0 Å². The van der Waals surface area contributed by atoms with Crippen molar-refractivity contribution in [3.8, 4) is 0 Å². The lowest BCUT2D eigenvalue weighted by molar-refractivity contribution is -0.134. The molecule has 2 heterocycles. The van der Waals surface area contributed by atoms with Gasteiger partial charge in [0.15, 0.2) is 0 Å². The number of nitrogens with one attached hydrogen (secondary N) is 1. The second-order valence-electron chi connectivity index (χ2n) is 6.14. The average molecular weight is 414 g/mol. The van der Waals surface area contributed by atoms with Crippen LogP contribution in [0.4, 0.5) is 0 Å². The largest absolute Gasteiger partial charge is 0.341 e. The van der Waals surface area contributed by atoms with Crippen molar-refractivity contribution in [2.75, 3.05) is 20.1 Å². The maximum atomic E-state index is 12.9. The molecule has 1 aromatic carbocycles. The smallest absolute Gasteiger partial charge is 0.227 e. The summed E-state index contributed by atoms with van der Waals surface area (Å²) in [5, 5.41) is 7.58. The van der Waals surface area contributed by atoms with Gasteiger partial charge in [0, 0.05) is 50.3 Å². The van der Waals surface area contributed by atoms with E-state index in [1.807, 2.05) is 49.6 Å². The number of rotatable bonds is 4. The zero-order chi connectivity index (χ0) is 16.4. The van der Waals surface area contributed by atoms with Gasteiger partial charge >= 0.3 is 0 Å². The fourth-order valence-electron chi connectivity index (χ4n) is 3.19. The minimum absolute atomic E-state index is 0. The Hall–Kier alpha value is -1.37. The number of hydrogen-bond acceptors (Lipinski definition) is 3. The highest BCUT2D eigenvalue weighted by Crippen LogP contribution is 2.29. The van der Waals surface area contributed by atoms with Gasteiger partial charge in [0.25, 0.3) is 0 Å². The second kappa shape index (κ2) is 8.14. The van der Waals surface area contributed by atoms with Crippen molar-refractivity contribution in [2.45, 2.75) is 12.5 Å². The van der Waals surface area contributed by atoms with Gasteiger partial charge in [0.05, 0.1) is 12.1 Å². The number of amides is 1.